The molecule has 156 valence electrons. The van der Waals surface area contributed by atoms with Crippen LogP contribution in [0.1, 0.15) is 62.4 Å². The van der Waals surface area contributed by atoms with Gasteiger partial charge in [0.05, 0.1) is 24.9 Å². The van der Waals surface area contributed by atoms with Crippen molar-refractivity contribution in [1.29, 1.82) is 0 Å². The molecule has 1 aliphatic carbocycles. The van der Waals surface area contributed by atoms with Crippen molar-refractivity contribution in [3.63, 3.8) is 0 Å². The summed E-state index contributed by atoms with van der Waals surface area (Å²) in [7, 11) is 0. The molecule has 1 aliphatic heterocycles. The van der Waals surface area contributed by atoms with Crippen molar-refractivity contribution in [3.8, 4) is 0 Å². The molecule has 0 radical (unpaired) electrons. The molecule has 5 heteroatoms. The fourth-order valence-corrected chi connectivity index (χ4v) is 4.44. The lowest BCUT2D eigenvalue weighted by Gasteiger charge is -2.35. The molecule has 1 saturated carbocycles. The fourth-order valence-electron chi connectivity index (χ4n) is 4.44. The lowest BCUT2D eigenvalue weighted by atomic mass is 9.88. The van der Waals surface area contributed by atoms with E-state index < -0.39 is 0 Å². The van der Waals surface area contributed by atoms with Gasteiger partial charge >= 0.3 is 0 Å². The van der Waals surface area contributed by atoms with Gasteiger partial charge < -0.3 is 14.8 Å². The molecule has 4 atom stereocenters. The zero-order chi connectivity index (χ0) is 19.9. The maximum Gasteiger partial charge on any atom is 0.251 e. The summed E-state index contributed by atoms with van der Waals surface area (Å²) in [6.07, 6.45) is 5.88. The molecule has 2 fully saturated rings. The summed E-state index contributed by atoms with van der Waals surface area (Å²) in [5.74, 6) is 0.606. The van der Waals surface area contributed by atoms with Crippen LogP contribution in [0, 0.1) is 5.92 Å². The number of morpholine rings is 1. The first-order valence-electron chi connectivity index (χ1n) is 10.9. The third kappa shape index (κ3) is 6.29. The smallest absolute Gasteiger partial charge is 0.251 e. The van der Waals surface area contributed by atoms with Gasteiger partial charge in [0.15, 0.2) is 0 Å². The van der Waals surface area contributed by atoms with Gasteiger partial charge in [-0.1, -0.05) is 31.9 Å². The Hall–Kier alpha value is -1.43. The van der Waals surface area contributed by atoms with E-state index in [2.05, 4.69) is 43.1 Å². The molecular formula is C23H36N2O3. The molecule has 1 saturated heterocycles. The molecule has 2 aliphatic rings. The summed E-state index contributed by atoms with van der Waals surface area (Å²) in [5.41, 5.74) is 1.94. The van der Waals surface area contributed by atoms with Crippen LogP contribution in [0.25, 0.3) is 0 Å². The molecule has 0 aromatic heterocycles. The number of rotatable bonds is 7. The molecule has 1 heterocycles. The second kappa shape index (κ2) is 10.4. The maximum absolute atomic E-state index is 12.4. The molecule has 1 aromatic carbocycles. The molecular weight excluding hydrogens is 352 g/mol. The second-order valence-corrected chi connectivity index (χ2v) is 8.58. The zero-order valence-electron chi connectivity index (χ0n) is 17.7. The number of ether oxygens (including phenoxy) is 2. The predicted octanol–water partition coefficient (Wildman–Crippen LogP) is 3.62. The van der Waals surface area contributed by atoms with Gasteiger partial charge in [-0.3, -0.25) is 9.69 Å². The Bertz CT molecular complexity index is 609. The van der Waals surface area contributed by atoms with Crippen molar-refractivity contribution in [2.75, 3.05) is 26.2 Å². The van der Waals surface area contributed by atoms with Gasteiger partial charge in [-0.2, -0.15) is 0 Å². The first kappa shape index (κ1) is 21.3. The summed E-state index contributed by atoms with van der Waals surface area (Å²) >= 11 is 0. The molecule has 1 aromatic rings. The average molecular weight is 389 g/mol. The third-order valence-electron chi connectivity index (χ3n) is 5.87. The van der Waals surface area contributed by atoms with E-state index in [4.69, 9.17) is 9.47 Å². The predicted molar refractivity (Wildman–Crippen MR) is 111 cm³/mol. The van der Waals surface area contributed by atoms with Crippen LogP contribution in [0.3, 0.4) is 0 Å². The third-order valence-corrected chi connectivity index (χ3v) is 5.87. The highest BCUT2D eigenvalue weighted by Crippen LogP contribution is 2.26. The second-order valence-electron chi connectivity index (χ2n) is 8.58. The highest BCUT2D eigenvalue weighted by atomic mass is 16.5. The highest BCUT2D eigenvalue weighted by molar-refractivity contribution is 5.94. The SMILES string of the molecule is CC1CN(Cc2ccc(C(=O)NCCOC3CCCCC3C)cc2)CC(C)O1. The van der Waals surface area contributed by atoms with Gasteiger partial charge in [0, 0.05) is 31.7 Å². The van der Waals surface area contributed by atoms with Gasteiger partial charge in [0.2, 0.25) is 0 Å². The summed E-state index contributed by atoms with van der Waals surface area (Å²) in [6, 6.07) is 7.95. The Kier molecular flexibility index (Phi) is 7.89. The molecule has 1 amide bonds. The Morgan fingerprint density at radius 1 is 1.11 bits per heavy atom. The number of hydrogen-bond donors (Lipinski definition) is 1. The number of carbonyl (C=O) groups excluding carboxylic acids is 1. The van der Waals surface area contributed by atoms with E-state index in [-0.39, 0.29) is 18.1 Å². The Labute approximate surface area is 169 Å². The largest absolute Gasteiger partial charge is 0.376 e. The average Bonchev–Trinajstić information content (AvgIpc) is 2.66. The number of nitrogens with zero attached hydrogens (tertiary/aromatic N) is 1. The van der Waals surface area contributed by atoms with Crippen molar-refractivity contribution in [2.24, 2.45) is 5.92 Å². The summed E-state index contributed by atoms with van der Waals surface area (Å²) in [5, 5.41) is 2.97. The van der Waals surface area contributed by atoms with Crippen LogP contribution in [-0.4, -0.2) is 55.4 Å². The normalized spacial score (nSPS) is 28.8. The molecule has 4 unspecified atom stereocenters. The first-order valence-corrected chi connectivity index (χ1v) is 10.9. The summed E-state index contributed by atoms with van der Waals surface area (Å²) in [4.78, 5) is 14.8. The summed E-state index contributed by atoms with van der Waals surface area (Å²) in [6.45, 7) is 10.5. The monoisotopic (exact) mass is 388 g/mol. The van der Waals surface area contributed by atoms with E-state index in [1.54, 1.807) is 0 Å². The van der Waals surface area contributed by atoms with Crippen molar-refractivity contribution in [1.82, 2.24) is 10.2 Å². The number of hydrogen-bond acceptors (Lipinski definition) is 4. The van der Waals surface area contributed by atoms with Gasteiger partial charge in [-0.05, 0) is 50.3 Å². The number of amides is 1. The van der Waals surface area contributed by atoms with E-state index in [0.717, 1.165) is 26.1 Å². The van der Waals surface area contributed by atoms with Crippen molar-refractivity contribution in [2.45, 2.75) is 71.3 Å². The van der Waals surface area contributed by atoms with Crippen LogP contribution < -0.4 is 5.32 Å². The number of carbonyl (C=O) groups is 1. The Morgan fingerprint density at radius 3 is 2.46 bits per heavy atom. The summed E-state index contributed by atoms with van der Waals surface area (Å²) < 4.78 is 11.8. The minimum absolute atomic E-state index is 0.0274. The minimum Gasteiger partial charge on any atom is -0.376 e. The fraction of sp³-hybridized carbons (Fsp3) is 0.696. The van der Waals surface area contributed by atoms with Gasteiger partial charge in [0.25, 0.3) is 5.91 Å². The standard InChI is InChI=1S/C23H36N2O3/c1-17-6-4-5-7-22(17)27-13-12-24-23(26)21-10-8-20(9-11-21)16-25-14-18(2)28-19(3)15-25/h8-11,17-19,22H,4-7,12-16H2,1-3H3,(H,24,26). The van der Waals surface area contributed by atoms with Gasteiger partial charge in [0.1, 0.15) is 0 Å². The van der Waals surface area contributed by atoms with E-state index in [1.165, 1.54) is 24.8 Å². The van der Waals surface area contributed by atoms with Crippen LogP contribution >= 0.6 is 0 Å². The molecule has 0 bridgehead atoms. The topological polar surface area (TPSA) is 50.8 Å². The van der Waals surface area contributed by atoms with Crippen molar-refractivity contribution < 1.29 is 14.3 Å². The van der Waals surface area contributed by atoms with Gasteiger partial charge in [-0.15, -0.1) is 0 Å². The van der Waals surface area contributed by atoms with E-state index in [1.807, 2.05) is 12.1 Å². The van der Waals surface area contributed by atoms with Gasteiger partial charge in [-0.25, -0.2) is 0 Å². The van der Waals surface area contributed by atoms with E-state index >= 15 is 0 Å². The van der Waals surface area contributed by atoms with Crippen molar-refractivity contribution in [3.05, 3.63) is 35.4 Å². The number of benzene rings is 1. The maximum atomic E-state index is 12.4. The molecule has 28 heavy (non-hydrogen) atoms. The minimum atomic E-state index is -0.0274. The Morgan fingerprint density at radius 2 is 1.79 bits per heavy atom. The molecule has 0 spiro atoms. The van der Waals surface area contributed by atoms with Crippen LogP contribution in [-0.2, 0) is 16.0 Å². The van der Waals surface area contributed by atoms with E-state index in [0.29, 0.717) is 30.7 Å². The van der Waals surface area contributed by atoms with Crippen LogP contribution in [0.5, 0.6) is 0 Å². The van der Waals surface area contributed by atoms with Crippen molar-refractivity contribution >= 4 is 5.91 Å². The molecule has 5 nitrogen and oxygen atoms in total. The molecule has 1 N–H and O–H groups in total. The molecule has 3 rings (SSSR count). The lowest BCUT2D eigenvalue weighted by molar-refractivity contribution is -0.0704. The zero-order valence-corrected chi connectivity index (χ0v) is 17.7. The van der Waals surface area contributed by atoms with Crippen LogP contribution in [0.2, 0.25) is 0 Å². The highest BCUT2D eigenvalue weighted by Gasteiger charge is 2.22. The number of nitrogens with one attached hydrogen (secondary N) is 1. The lowest BCUT2D eigenvalue weighted by Crippen LogP contribution is -2.44. The van der Waals surface area contributed by atoms with Crippen LogP contribution in [0.15, 0.2) is 24.3 Å². The van der Waals surface area contributed by atoms with Crippen LogP contribution in [0.4, 0.5) is 0 Å². The quantitative estimate of drug-likeness (QED) is 0.725. The Balaban J connectivity index is 1.39. The first-order chi connectivity index (χ1) is 13.5. The van der Waals surface area contributed by atoms with E-state index in [9.17, 15) is 4.79 Å².